The first-order chi connectivity index (χ1) is 6.95. The maximum Gasteiger partial charge on any atom is 0.0934 e. The van der Waals surface area contributed by atoms with Gasteiger partial charge in [-0.15, -0.1) is 0 Å². The van der Waals surface area contributed by atoms with Crippen molar-refractivity contribution in [3.8, 4) is 0 Å². The first kappa shape index (κ1) is 9.74. The number of nitrogens with zero attached hydrogens (tertiary/aromatic N) is 1. The molecule has 0 spiro atoms. The van der Waals surface area contributed by atoms with E-state index in [9.17, 15) is 0 Å². The quantitative estimate of drug-likeness (QED) is 0.729. The average Bonchev–Trinajstić information content (AvgIpc) is 2.72. The van der Waals surface area contributed by atoms with Crippen LogP contribution in [-0.4, -0.2) is 37.7 Å². The molecule has 78 valence electrons. The van der Waals surface area contributed by atoms with Gasteiger partial charge in [0.2, 0.25) is 0 Å². The molecule has 3 nitrogen and oxygen atoms in total. The summed E-state index contributed by atoms with van der Waals surface area (Å²) in [4.78, 5) is 2.46. The van der Waals surface area contributed by atoms with Crippen molar-refractivity contribution in [3.05, 3.63) is 24.2 Å². The maximum absolute atomic E-state index is 5.30. The molecule has 1 aromatic rings. The van der Waals surface area contributed by atoms with Crippen LogP contribution in [0.5, 0.6) is 0 Å². The van der Waals surface area contributed by atoms with Crippen LogP contribution < -0.4 is 0 Å². The molecule has 1 aromatic heterocycles. The van der Waals surface area contributed by atoms with Gasteiger partial charge in [-0.1, -0.05) is 0 Å². The highest BCUT2D eigenvalue weighted by atomic mass is 16.5. The van der Waals surface area contributed by atoms with Gasteiger partial charge in [-0.25, -0.2) is 0 Å². The molecular weight excluding hydrogens is 178 g/mol. The lowest BCUT2D eigenvalue weighted by Crippen LogP contribution is -2.36. The Balaban J connectivity index is 1.62. The lowest BCUT2D eigenvalue weighted by molar-refractivity contribution is 0.0374. The van der Waals surface area contributed by atoms with Crippen molar-refractivity contribution in [2.24, 2.45) is 0 Å². The summed E-state index contributed by atoms with van der Waals surface area (Å²) in [5.41, 5.74) is 1.30. The summed E-state index contributed by atoms with van der Waals surface area (Å²) in [5, 5.41) is 0. The van der Waals surface area contributed by atoms with Crippen LogP contribution in [0.15, 0.2) is 23.0 Å². The fourth-order valence-corrected chi connectivity index (χ4v) is 1.77. The monoisotopic (exact) mass is 195 g/mol. The molecule has 0 aromatic carbocycles. The molecule has 0 radical (unpaired) electrons. The van der Waals surface area contributed by atoms with Crippen LogP contribution in [0, 0.1) is 0 Å². The third kappa shape index (κ3) is 2.86. The van der Waals surface area contributed by atoms with E-state index in [1.54, 1.807) is 6.26 Å². The summed E-state index contributed by atoms with van der Waals surface area (Å²) >= 11 is 0. The molecular formula is C11H17NO2. The molecule has 0 unspecified atom stereocenters. The summed E-state index contributed by atoms with van der Waals surface area (Å²) in [6.45, 7) is 5.14. The molecule has 3 heteroatoms. The molecule has 0 atom stereocenters. The van der Waals surface area contributed by atoms with E-state index in [1.165, 1.54) is 18.5 Å². The van der Waals surface area contributed by atoms with Gasteiger partial charge in [0.25, 0.3) is 0 Å². The molecule has 1 saturated heterocycles. The first-order valence-corrected chi connectivity index (χ1v) is 5.26. The SMILES string of the molecule is c1cc(CCCN2CCOCC2)co1. The molecule has 1 aliphatic rings. The van der Waals surface area contributed by atoms with Gasteiger partial charge in [0.15, 0.2) is 0 Å². The molecule has 0 N–H and O–H groups in total. The van der Waals surface area contributed by atoms with Gasteiger partial charge in [-0.05, 0) is 31.0 Å². The van der Waals surface area contributed by atoms with Crippen LogP contribution in [0.2, 0.25) is 0 Å². The zero-order chi connectivity index (χ0) is 9.64. The summed E-state index contributed by atoms with van der Waals surface area (Å²) in [5.74, 6) is 0. The second-order valence-corrected chi connectivity index (χ2v) is 3.69. The van der Waals surface area contributed by atoms with Crippen LogP contribution in [0.25, 0.3) is 0 Å². The van der Waals surface area contributed by atoms with Crippen molar-refractivity contribution in [2.75, 3.05) is 32.8 Å². The number of ether oxygens (including phenoxy) is 1. The minimum atomic E-state index is 0.895. The molecule has 1 aliphatic heterocycles. The molecule has 2 heterocycles. The summed E-state index contributed by atoms with van der Waals surface area (Å²) in [6.07, 6.45) is 5.90. The standard InChI is InChI=1S/C11H17NO2/c1(2-11-3-7-14-10-11)4-12-5-8-13-9-6-12/h3,7,10H,1-2,4-6,8-9H2. The second kappa shape index (κ2) is 5.17. The van der Waals surface area contributed by atoms with Gasteiger partial charge in [0.05, 0.1) is 25.7 Å². The maximum atomic E-state index is 5.30. The summed E-state index contributed by atoms with van der Waals surface area (Å²) in [6, 6.07) is 2.04. The molecule has 14 heavy (non-hydrogen) atoms. The Morgan fingerprint density at radius 3 is 2.86 bits per heavy atom. The zero-order valence-corrected chi connectivity index (χ0v) is 8.45. The highest BCUT2D eigenvalue weighted by Gasteiger charge is 2.09. The van der Waals surface area contributed by atoms with E-state index in [1.807, 2.05) is 12.3 Å². The highest BCUT2D eigenvalue weighted by Crippen LogP contribution is 2.05. The number of hydrogen-bond donors (Lipinski definition) is 0. The summed E-state index contributed by atoms with van der Waals surface area (Å²) in [7, 11) is 0. The normalized spacial score (nSPS) is 18.6. The van der Waals surface area contributed by atoms with Gasteiger partial charge in [-0.2, -0.15) is 0 Å². The Bertz CT molecular complexity index is 240. The van der Waals surface area contributed by atoms with E-state index in [2.05, 4.69) is 4.90 Å². The minimum absolute atomic E-state index is 0.895. The zero-order valence-electron chi connectivity index (χ0n) is 8.45. The van der Waals surface area contributed by atoms with E-state index in [4.69, 9.17) is 9.15 Å². The van der Waals surface area contributed by atoms with Crippen molar-refractivity contribution < 1.29 is 9.15 Å². The van der Waals surface area contributed by atoms with E-state index in [0.717, 1.165) is 32.7 Å². The predicted molar refractivity (Wildman–Crippen MR) is 54.3 cm³/mol. The van der Waals surface area contributed by atoms with Crippen molar-refractivity contribution >= 4 is 0 Å². The molecule has 2 rings (SSSR count). The first-order valence-electron chi connectivity index (χ1n) is 5.26. The van der Waals surface area contributed by atoms with E-state index in [0.29, 0.717) is 0 Å². The van der Waals surface area contributed by atoms with Crippen molar-refractivity contribution in [1.82, 2.24) is 4.90 Å². The van der Waals surface area contributed by atoms with Crippen molar-refractivity contribution in [3.63, 3.8) is 0 Å². The number of aryl methyl sites for hydroxylation is 1. The van der Waals surface area contributed by atoms with Crippen LogP contribution in [-0.2, 0) is 11.2 Å². The lowest BCUT2D eigenvalue weighted by atomic mass is 10.2. The van der Waals surface area contributed by atoms with Crippen LogP contribution in [0.4, 0.5) is 0 Å². The van der Waals surface area contributed by atoms with E-state index >= 15 is 0 Å². The summed E-state index contributed by atoms with van der Waals surface area (Å²) < 4.78 is 10.3. The number of morpholine rings is 1. The van der Waals surface area contributed by atoms with Crippen LogP contribution in [0.1, 0.15) is 12.0 Å². The smallest absolute Gasteiger partial charge is 0.0934 e. The Morgan fingerprint density at radius 2 is 2.14 bits per heavy atom. The Labute approximate surface area is 84.6 Å². The highest BCUT2D eigenvalue weighted by molar-refractivity contribution is 5.04. The van der Waals surface area contributed by atoms with E-state index in [-0.39, 0.29) is 0 Å². The van der Waals surface area contributed by atoms with Crippen molar-refractivity contribution in [1.29, 1.82) is 0 Å². The van der Waals surface area contributed by atoms with Gasteiger partial charge in [0, 0.05) is 13.1 Å². The third-order valence-corrected chi connectivity index (χ3v) is 2.62. The van der Waals surface area contributed by atoms with Gasteiger partial charge in [0.1, 0.15) is 0 Å². The fraction of sp³-hybridized carbons (Fsp3) is 0.636. The number of rotatable bonds is 4. The molecule has 0 bridgehead atoms. The second-order valence-electron chi connectivity index (χ2n) is 3.69. The van der Waals surface area contributed by atoms with Crippen LogP contribution >= 0.6 is 0 Å². The minimum Gasteiger partial charge on any atom is -0.472 e. The van der Waals surface area contributed by atoms with Gasteiger partial charge >= 0.3 is 0 Å². The topological polar surface area (TPSA) is 25.6 Å². The number of furan rings is 1. The lowest BCUT2D eigenvalue weighted by Gasteiger charge is -2.26. The molecule has 0 saturated carbocycles. The van der Waals surface area contributed by atoms with Crippen LogP contribution in [0.3, 0.4) is 0 Å². The van der Waals surface area contributed by atoms with Gasteiger partial charge in [-0.3, -0.25) is 4.90 Å². The largest absolute Gasteiger partial charge is 0.472 e. The van der Waals surface area contributed by atoms with E-state index < -0.39 is 0 Å². The molecule has 0 amide bonds. The Kier molecular flexibility index (Phi) is 3.60. The Morgan fingerprint density at radius 1 is 1.29 bits per heavy atom. The van der Waals surface area contributed by atoms with Crippen molar-refractivity contribution in [2.45, 2.75) is 12.8 Å². The molecule has 0 aliphatic carbocycles. The predicted octanol–water partition coefficient (Wildman–Crippen LogP) is 1.54. The Hall–Kier alpha value is -0.800. The molecule has 1 fully saturated rings. The number of hydrogen-bond acceptors (Lipinski definition) is 3. The van der Waals surface area contributed by atoms with Gasteiger partial charge < -0.3 is 9.15 Å². The average molecular weight is 195 g/mol. The fourth-order valence-electron chi connectivity index (χ4n) is 1.77. The third-order valence-electron chi connectivity index (χ3n) is 2.62.